The van der Waals surface area contributed by atoms with Crippen LogP contribution >= 0.6 is 11.3 Å². The minimum absolute atomic E-state index is 0.0473. The number of fused-ring (bicyclic) bond motifs is 1. The predicted molar refractivity (Wildman–Crippen MR) is 156 cm³/mol. The van der Waals surface area contributed by atoms with Crippen LogP contribution in [0.5, 0.6) is 0 Å². The number of aromatic nitrogens is 4. The number of thiophene rings is 1. The molecule has 1 fully saturated rings. The van der Waals surface area contributed by atoms with Crippen LogP contribution in [0.3, 0.4) is 0 Å². The van der Waals surface area contributed by atoms with E-state index in [1.807, 2.05) is 40.7 Å². The summed E-state index contributed by atoms with van der Waals surface area (Å²) >= 11 is 1.62. The van der Waals surface area contributed by atoms with E-state index in [0.29, 0.717) is 48.2 Å². The van der Waals surface area contributed by atoms with Crippen molar-refractivity contribution in [3.63, 3.8) is 0 Å². The van der Waals surface area contributed by atoms with Gasteiger partial charge < -0.3 is 9.80 Å². The van der Waals surface area contributed by atoms with Gasteiger partial charge in [-0.3, -0.25) is 14.4 Å². The molecule has 210 valence electrons. The van der Waals surface area contributed by atoms with Gasteiger partial charge in [0, 0.05) is 30.8 Å². The Bertz CT molecular complexity index is 1480. The third-order valence-electron chi connectivity index (χ3n) is 7.60. The first-order chi connectivity index (χ1) is 19.4. The van der Waals surface area contributed by atoms with Gasteiger partial charge in [-0.05, 0) is 62.5 Å². The molecule has 0 bridgehead atoms. The Kier molecular flexibility index (Phi) is 8.53. The van der Waals surface area contributed by atoms with Gasteiger partial charge in [0.05, 0.1) is 35.1 Å². The molecule has 5 rings (SSSR count). The summed E-state index contributed by atoms with van der Waals surface area (Å²) in [4.78, 5) is 46.1. The van der Waals surface area contributed by atoms with Crippen LogP contribution < -0.4 is 10.4 Å². The van der Waals surface area contributed by atoms with Crippen LogP contribution in [0.1, 0.15) is 50.4 Å². The van der Waals surface area contributed by atoms with E-state index in [-0.39, 0.29) is 11.7 Å². The highest BCUT2D eigenvalue weighted by molar-refractivity contribution is 7.13. The maximum Gasteiger partial charge on any atom is 0.266 e. The average Bonchev–Trinajstić information content (AvgIpc) is 3.62. The minimum atomic E-state index is -0.416. The van der Waals surface area contributed by atoms with Crippen LogP contribution in [0.25, 0.3) is 27.5 Å². The molecule has 11 heteroatoms. The highest BCUT2D eigenvalue weighted by atomic mass is 32.1. The minimum Gasteiger partial charge on any atom is -0.344 e. The number of hydroxylamine groups is 1. The number of anilines is 1. The first kappa shape index (κ1) is 27.9. The molecule has 1 N–H and O–H groups in total. The normalized spacial score (nSPS) is 15.8. The average molecular weight is 562 g/mol. The molecule has 1 aliphatic heterocycles. The van der Waals surface area contributed by atoms with E-state index in [2.05, 4.69) is 36.2 Å². The second-order valence-corrected chi connectivity index (χ2v) is 10.9. The lowest BCUT2D eigenvalue weighted by Crippen LogP contribution is -2.56. The molecule has 40 heavy (non-hydrogen) atoms. The smallest absolute Gasteiger partial charge is 0.266 e. The van der Waals surface area contributed by atoms with Gasteiger partial charge in [-0.1, -0.05) is 19.9 Å². The van der Waals surface area contributed by atoms with Crippen LogP contribution in [-0.2, 0) is 9.63 Å². The highest BCUT2D eigenvalue weighted by Crippen LogP contribution is 2.32. The maximum absolute atomic E-state index is 13.5. The fraction of sp³-hybridized carbons (Fsp3) is 0.414. The van der Waals surface area contributed by atoms with E-state index in [4.69, 9.17) is 14.8 Å². The molecule has 5 heterocycles. The summed E-state index contributed by atoms with van der Waals surface area (Å²) in [6, 6.07) is 9.48. The number of rotatable bonds is 12. The Morgan fingerprint density at radius 2 is 2.02 bits per heavy atom. The van der Waals surface area contributed by atoms with Crippen molar-refractivity contribution in [3.8, 4) is 21.8 Å². The summed E-state index contributed by atoms with van der Waals surface area (Å²) in [7, 11) is 1.42. The molecule has 0 spiro atoms. The third-order valence-corrected chi connectivity index (χ3v) is 8.49. The third kappa shape index (κ3) is 5.63. The van der Waals surface area contributed by atoms with Crippen molar-refractivity contribution >= 4 is 34.5 Å². The van der Waals surface area contributed by atoms with Crippen LogP contribution in [0.2, 0.25) is 0 Å². The quantitative estimate of drug-likeness (QED) is 0.200. The summed E-state index contributed by atoms with van der Waals surface area (Å²) < 4.78 is 1.71. The van der Waals surface area contributed by atoms with Gasteiger partial charge in [-0.2, -0.15) is 5.10 Å². The van der Waals surface area contributed by atoms with Crippen molar-refractivity contribution in [3.05, 3.63) is 53.7 Å². The molecule has 4 aromatic heterocycles. The highest BCUT2D eigenvalue weighted by Gasteiger charge is 2.36. The van der Waals surface area contributed by atoms with E-state index < -0.39 is 6.04 Å². The zero-order chi connectivity index (χ0) is 28.2. The lowest BCUT2D eigenvalue weighted by Gasteiger charge is -2.40. The maximum atomic E-state index is 13.5. The molecule has 4 aromatic rings. The van der Waals surface area contributed by atoms with E-state index in [0.717, 1.165) is 35.6 Å². The number of pyridine rings is 1. The molecule has 0 radical (unpaired) electrons. The first-order valence-corrected chi connectivity index (χ1v) is 14.6. The van der Waals surface area contributed by atoms with Gasteiger partial charge in [-0.15, -0.1) is 11.3 Å². The number of hydrogen-bond donors (Lipinski definition) is 1. The Balaban J connectivity index is 1.52. The van der Waals surface area contributed by atoms with E-state index in [1.54, 1.807) is 28.1 Å². The topological polar surface area (TPSA) is 105 Å². The second-order valence-electron chi connectivity index (χ2n) is 9.92. The van der Waals surface area contributed by atoms with Crippen molar-refractivity contribution in [1.82, 2.24) is 30.0 Å². The van der Waals surface area contributed by atoms with Gasteiger partial charge in [0.1, 0.15) is 11.9 Å². The number of nitrogens with one attached hydrogen (secondary N) is 1. The monoisotopic (exact) mass is 561 g/mol. The van der Waals surface area contributed by atoms with Crippen molar-refractivity contribution in [1.29, 1.82) is 0 Å². The zero-order valence-corrected chi connectivity index (χ0v) is 24.1. The number of carbonyl (C=O) groups excluding carboxylic acids is 2. The predicted octanol–water partition coefficient (Wildman–Crippen LogP) is 4.47. The Labute approximate surface area is 237 Å². The van der Waals surface area contributed by atoms with Crippen molar-refractivity contribution in [2.75, 3.05) is 31.6 Å². The Morgan fingerprint density at radius 3 is 2.70 bits per heavy atom. The van der Waals surface area contributed by atoms with Gasteiger partial charge in [0.25, 0.3) is 5.91 Å². The zero-order valence-electron chi connectivity index (χ0n) is 23.3. The van der Waals surface area contributed by atoms with Crippen LogP contribution in [-0.4, -0.2) is 75.0 Å². The van der Waals surface area contributed by atoms with E-state index in [9.17, 15) is 9.59 Å². The lowest BCUT2D eigenvalue weighted by atomic mass is 9.99. The van der Waals surface area contributed by atoms with Crippen LogP contribution in [0.15, 0.2) is 48.1 Å². The molecule has 0 saturated carbocycles. The summed E-state index contributed by atoms with van der Waals surface area (Å²) in [5.41, 5.74) is 5.82. The molecule has 1 aliphatic rings. The van der Waals surface area contributed by atoms with Crippen molar-refractivity contribution in [2.45, 2.75) is 52.1 Å². The lowest BCUT2D eigenvalue weighted by molar-refractivity contribution is -0.134. The van der Waals surface area contributed by atoms with Crippen molar-refractivity contribution < 1.29 is 14.4 Å². The van der Waals surface area contributed by atoms with Crippen LogP contribution in [0.4, 0.5) is 5.82 Å². The molecule has 1 amide bonds. The largest absolute Gasteiger partial charge is 0.344 e. The standard InChI is InChI=1S/C29H35N7O3S/c1-5-34(6-2)19(3)9-10-25(37)20-16-23(31-27(17-20)35-13-12-24(35)29(38)33-39-4)21-18-30-36-14-11-22(32-28(21)36)26-8-7-15-40-26/h7-8,11,14-19,24H,5-6,9-10,12-13H2,1-4H3,(H,33,38)/t19-,24-/m0/s1. The van der Waals surface area contributed by atoms with E-state index in [1.165, 1.54) is 7.11 Å². The fourth-order valence-electron chi connectivity index (χ4n) is 5.19. The number of amides is 1. The number of carbonyl (C=O) groups is 2. The second kappa shape index (κ2) is 12.2. The SMILES string of the molecule is CCN(CC)[C@@H](C)CCC(=O)c1cc(-c2cnn3ccc(-c4cccs4)nc23)nc(N2CC[C@H]2C(=O)NOC)c1. The summed E-state index contributed by atoms with van der Waals surface area (Å²) in [5.74, 6) is 0.389. The van der Waals surface area contributed by atoms with E-state index >= 15 is 0 Å². The molecular formula is C29H35N7O3S. The van der Waals surface area contributed by atoms with Crippen LogP contribution in [0, 0.1) is 0 Å². The molecule has 0 aliphatic carbocycles. The van der Waals surface area contributed by atoms with Gasteiger partial charge >= 0.3 is 0 Å². The number of nitrogens with zero attached hydrogens (tertiary/aromatic N) is 6. The summed E-state index contributed by atoms with van der Waals surface area (Å²) in [5, 5.41) is 6.52. The van der Waals surface area contributed by atoms with Gasteiger partial charge in [0.2, 0.25) is 0 Å². The van der Waals surface area contributed by atoms with Crippen molar-refractivity contribution in [2.24, 2.45) is 0 Å². The number of hydrogen-bond acceptors (Lipinski definition) is 9. The number of Topliss-reactive ketones (excluding diaryl/α,β-unsaturated/α-hetero) is 1. The molecule has 0 unspecified atom stereocenters. The molecule has 0 aromatic carbocycles. The van der Waals surface area contributed by atoms with Gasteiger partial charge in [-0.25, -0.2) is 20.0 Å². The molecule has 10 nitrogen and oxygen atoms in total. The Morgan fingerprint density at radius 1 is 1.20 bits per heavy atom. The summed E-state index contributed by atoms with van der Waals surface area (Å²) in [6.07, 6.45) is 5.47. The molecular weight excluding hydrogens is 526 g/mol. The number of ketones is 1. The first-order valence-electron chi connectivity index (χ1n) is 13.7. The fourth-order valence-corrected chi connectivity index (χ4v) is 5.89. The van der Waals surface area contributed by atoms with Gasteiger partial charge in [0.15, 0.2) is 11.4 Å². The molecule has 1 saturated heterocycles. The molecule has 2 atom stereocenters. The Hall–Kier alpha value is -3.67. The summed E-state index contributed by atoms with van der Waals surface area (Å²) in [6.45, 7) is 9.00.